The molecule has 1 heterocycles. The summed E-state index contributed by atoms with van der Waals surface area (Å²) in [6.07, 6.45) is 2.44. The van der Waals surface area contributed by atoms with Gasteiger partial charge in [0.2, 0.25) is 11.1 Å². The summed E-state index contributed by atoms with van der Waals surface area (Å²) in [6, 6.07) is 6.33. The molecule has 0 spiro atoms. The van der Waals surface area contributed by atoms with Gasteiger partial charge in [0.1, 0.15) is 0 Å². The number of aryl methyl sites for hydroxylation is 2. The lowest BCUT2D eigenvalue weighted by Gasteiger charge is -2.13. The van der Waals surface area contributed by atoms with Crippen molar-refractivity contribution < 1.29 is 4.79 Å². The average molecular weight is 331 g/mol. The number of rotatable bonds is 6. The third-order valence-electron chi connectivity index (χ3n) is 4.14. The fourth-order valence-corrected chi connectivity index (χ4v) is 3.38. The first-order valence-electron chi connectivity index (χ1n) is 7.83. The fourth-order valence-electron chi connectivity index (χ4n) is 2.69. The number of tetrazole rings is 1. The summed E-state index contributed by atoms with van der Waals surface area (Å²) < 4.78 is 1.72. The number of carbonyl (C=O) groups excluding carboxylic acids is 1. The molecule has 1 fully saturated rings. The summed E-state index contributed by atoms with van der Waals surface area (Å²) in [6.45, 7) is 6.13. The van der Waals surface area contributed by atoms with Crippen molar-refractivity contribution in [2.24, 2.45) is 5.92 Å². The molecular weight excluding hydrogens is 310 g/mol. The number of benzene rings is 1. The molecule has 0 radical (unpaired) electrons. The number of hydrogen-bond donors (Lipinski definition) is 1. The maximum Gasteiger partial charge on any atom is 0.230 e. The standard InChI is InChI=1S/C16H21N5OS/c1-10-5-4-6-11(2)15(10)21-16(18-19-20-21)23-9-14(22)17-12(3)13-7-8-13/h4-6,12-13H,7-9H2,1-3H3,(H,17,22)/t12-/m1/s1. The van der Waals surface area contributed by atoms with Crippen LogP contribution in [-0.4, -0.2) is 37.9 Å². The molecule has 1 atom stereocenters. The summed E-state index contributed by atoms with van der Waals surface area (Å²) in [7, 11) is 0. The van der Waals surface area contributed by atoms with Crippen molar-refractivity contribution >= 4 is 17.7 Å². The average Bonchev–Trinajstić information content (AvgIpc) is 3.26. The summed E-state index contributed by atoms with van der Waals surface area (Å²) in [4.78, 5) is 12.1. The Labute approximate surface area is 140 Å². The van der Waals surface area contributed by atoms with Crippen LogP contribution in [0.5, 0.6) is 0 Å². The van der Waals surface area contributed by atoms with Crippen LogP contribution in [0.15, 0.2) is 23.4 Å². The number of nitrogens with one attached hydrogen (secondary N) is 1. The van der Waals surface area contributed by atoms with E-state index >= 15 is 0 Å². The molecule has 122 valence electrons. The molecule has 2 aromatic rings. The van der Waals surface area contributed by atoms with Crippen LogP contribution < -0.4 is 5.32 Å². The van der Waals surface area contributed by atoms with Gasteiger partial charge in [0.15, 0.2) is 0 Å². The number of nitrogens with zero attached hydrogens (tertiary/aromatic N) is 4. The quantitative estimate of drug-likeness (QED) is 0.822. The zero-order valence-corrected chi connectivity index (χ0v) is 14.4. The molecular formula is C16H21N5OS. The van der Waals surface area contributed by atoms with Crippen LogP contribution >= 0.6 is 11.8 Å². The maximum atomic E-state index is 12.1. The minimum Gasteiger partial charge on any atom is -0.353 e. The molecule has 0 saturated heterocycles. The topological polar surface area (TPSA) is 72.7 Å². The third kappa shape index (κ3) is 3.72. The van der Waals surface area contributed by atoms with Crippen LogP contribution in [-0.2, 0) is 4.79 Å². The Morgan fingerprint density at radius 2 is 2.09 bits per heavy atom. The van der Waals surface area contributed by atoms with Crippen molar-refractivity contribution in [3.8, 4) is 5.69 Å². The minimum absolute atomic E-state index is 0.0328. The highest BCUT2D eigenvalue weighted by molar-refractivity contribution is 7.99. The molecule has 3 rings (SSSR count). The molecule has 0 aliphatic heterocycles. The van der Waals surface area contributed by atoms with Gasteiger partial charge in [-0.25, -0.2) is 0 Å². The Morgan fingerprint density at radius 1 is 1.39 bits per heavy atom. The lowest BCUT2D eigenvalue weighted by molar-refractivity contribution is -0.119. The fraction of sp³-hybridized carbons (Fsp3) is 0.500. The highest BCUT2D eigenvalue weighted by Crippen LogP contribution is 2.32. The van der Waals surface area contributed by atoms with E-state index < -0.39 is 0 Å². The zero-order valence-electron chi connectivity index (χ0n) is 13.6. The summed E-state index contributed by atoms with van der Waals surface area (Å²) >= 11 is 1.36. The SMILES string of the molecule is Cc1cccc(C)c1-n1nnnc1SCC(=O)N[C@H](C)C1CC1. The second-order valence-corrected chi connectivity index (χ2v) is 7.04. The van der Waals surface area contributed by atoms with Crippen LogP contribution in [0.25, 0.3) is 5.69 Å². The van der Waals surface area contributed by atoms with E-state index in [1.807, 2.05) is 32.0 Å². The van der Waals surface area contributed by atoms with Gasteiger partial charge < -0.3 is 5.32 Å². The molecule has 1 aliphatic rings. The second-order valence-electron chi connectivity index (χ2n) is 6.10. The second kappa shape index (κ2) is 6.70. The van der Waals surface area contributed by atoms with E-state index in [1.165, 1.54) is 24.6 Å². The number of carbonyl (C=O) groups is 1. The van der Waals surface area contributed by atoms with E-state index in [9.17, 15) is 4.79 Å². The molecule has 0 bridgehead atoms. The monoisotopic (exact) mass is 331 g/mol. The molecule has 1 aromatic heterocycles. The van der Waals surface area contributed by atoms with Crippen LogP contribution in [0, 0.1) is 19.8 Å². The van der Waals surface area contributed by atoms with Crippen LogP contribution in [0.3, 0.4) is 0 Å². The normalized spacial score (nSPS) is 15.4. The Kier molecular flexibility index (Phi) is 4.66. The van der Waals surface area contributed by atoms with Gasteiger partial charge in [0, 0.05) is 6.04 Å². The molecule has 1 aromatic carbocycles. The molecule has 1 amide bonds. The van der Waals surface area contributed by atoms with Gasteiger partial charge in [-0.15, -0.1) is 5.10 Å². The lowest BCUT2D eigenvalue weighted by atomic mass is 10.1. The number of aromatic nitrogens is 4. The van der Waals surface area contributed by atoms with Crippen LogP contribution in [0.2, 0.25) is 0 Å². The Hall–Kier alpha value is -1.89. The van der Waals surface area contributed by atoms with Crippen LogP contribution in [0.4, 0.5) is 0 Å². The van der Waals surface area contributed by atoms with Crippen molar-refractivity contribution in [1.82, 2.24) is 25.5 Å². The van der Waals surface area contributed by atoms with Crippen molar-refractivity contribution in [3.05, 3.63) is 29.3 Å². The van der Waals surface area contributed by atoms with E-state index in [4.69, 9.17) is 0 Å². The Bertz CT molecular complexity index is 690. The molecule has 1 aliphatic carbocycles. The zero-order chi connectivity index (χ0) is 16.4. The first-order chi connectivity index (χ1) is 11.1. The molecule has 0 unspecified atom stereocenters. The first-order valence-corrected chi connectivity index (χ1v) is 8.82. The van der Waals surface area contributed by atoms with E-state index in [0.29, 0.717) is 16.8 Å². The smallest absolute Gasteiger partial charge is 0.230 e. The highest BCUT2D eigenvalue weighted by atomic mass is 32.2. The summed E-state index contributed by atoms with van der Waals surface area (Å²) in [5, 5.41) is 15.6. The molecule has 1 N–H and O–H groups in total. The predicted molar refractivity (Wildman–Crippen MR) is 89.7 cm³/mol. The van der Waals surface area contributed by atoms with Crippen LogP contribution in [0.1, 0.15) is 30.9 Å². The lowest BCUT2D eigenvalue weighted by Crippen LogP contribution is -2.35. The number of para-hydroxylation sites is 1. The largest absolute Gasteiger partial charge is 0.353 e. The van der Waals surface area contributed by atoms with E-state index in [1.54, 1.807) is 4.68 Å². The summed E-state index contributed by atoms with van der Waals surface area (Å²) in [5.74, 6) is 1.01. The van der Waals surface area contributed by atoms with E-state index in [2.05, 4.69) is 27.8 Å². The predicted octanol–water partition coefficient (Wildman–Crippen LogP) is 2.29. The van der Waals surface area contributed by atoms with Gasteiger partial charge in [0.05, 0.1) is 11.4 Å². The molecule has 7 heteroatoms. The van der Waals surface area contributed by atoms with E-state index in [-0.39, 0.29) is 11.9 Å². The number of thioether (sulfide) groups is 1. The van der Waals surface area contributed by atoms with Gasteiger partial charge in [0.25, 0.3) is 0 Å². The molecule has 23 heavy (non-hydrogen) atoms. The summed E-state index contributed by atoms with van der Waals surface area (Å²) in [5.41, 5.74) is 3.18. The Morgan fingerprint density at radius 3 is 2.74 bits per heavy atom. The number of hydrogen-bond acceptors (Lipinski definition) is 5. The van der Waals surface area contributed by atoms with Gasteiger partial charge in [-0.2, -0.15) is 4.68 Å². The first kappa shape index (κ1) is 16.0. The van der Waals surface area contributed by atoms with Gasteiger partial charge in [-0.3, -0.25) is 4.79 Å². The van der Waals surface area contributed by atoms with Crippen molar-refractivity contribution in [2.45, 2.75) is 44.8 Å². The maximum absolute atomic E-state index is 12.1. The number of amides is 1. The van der Waals surface area contributed by atoms with Gasteiger partial charge >= 0.3 is 0 Å². The Balaban J connectivity index is 1.68. The van der Waals surface area contributed by atoms with Crippen molar-refractivity contribution in [3.63, 3.8) is 0 Å². The molecule has 6 nitrogen and oxygen atoms in total. The van der Waals surface area contributed by atoms with Crippen molar-refractivity contribution in [2.75, 3.05) is 5.75 Å². The minimum atomic E-state index is 0.0328. The molecule has 1 saturated carbocycles. The van der Waals surface area contributed by atoms with E-state index in [0.717, 1.165) is 16.8 Å². The van der Waals surface area contributed by atoms with Gasteiger partial charge in [-0.1, -0.05) is 30.0 Å². The highest BCUT2D eigenvalue weighted by Gasteiger charge is 2.28. The van der Waals surface area contributed by atoms with Gasteiger partial charge in [-0.05, 0) is 61.1 Å². The van der Waals surface area contributed by atoms with Crippen molar-refractivity contribution in [1.29, 1.82) is 0 Å². The third-order valence-corrected chi connectivity index (χ3v) is 5.06.